The van der Waals surface area contributed by atoms with Crippen LogP contribution in [0.1, 0.15) is 87.4 Å². The van der Waals surface area contributed by atoms with E-state index < -0.39 is 27.7 Å². The first kappa shape index (κ1) is 23.7. The second kappa shape index (κ2) is 9.70. The summed E-state index contributed by atoms with van der Waals surface area (Å²) in [6, 6.07) is 5.12. The summed E-state index contributed by atoms with van der Waals surface area (Å²) in [4.78, 5) is 47.4. The average molecular weight is 447 g/mol. The van der Waals surface area contributed by atoms with Gasteiger partial charge in [0, 0.05) is 72.0 Å². The van der Waals surface area contributed by atoms with Crippen LogP contribution < -0.4 is 0 Å². The lowest BCUT2D eigenvalue weighted by atomic mass is 9.69. The lowest BCUT2D eigenvalue weighted by Crippen LogP contribution is -2.47. The number of ketones is 1. The highest BCUT2D eigenvalue weighted by molar-refractivity contribution is 5.98. The highest BCUT2D eigenvalue weighted by Gasteiger charge is 2.52. The Morgan fingerprint density at radius 1 is 0.750 bits per heavy atom. The number of non-ortho nitro benzene ring substituents is 1. The van der Waals surface area contributed by atoms with Crippen LogP contribution >= 0.6 is 0 Å². The van der Waals surface area contributed by atoms with Crippen LogP contribution in [0.3, 0.4) is 0 Å². The topological polar surface area (TPSA) is 146 Å². The van der Waals surface area contributed by atoms with Crippen LogP contribution in [-0.2, 0) is 0 Å². The molecule has 10 nitrogen and oxygen atoms in total. The quantitative estimate of drug-likeness (QED) is 0.289. The fourth-order valence-electron chi connectivity index (χ4n) is 5.50. The van der Waals surface area contributed by atoms with Crippen molar-refractivity contribution in [3.05, 3.63) is 60.2 Å². The Kier molecular flexibility index (Phi) is 7.20. The monoisotopic (exact) mass is 447 g/mol. The molecular weight excluding hydrogens is 418 g/mol. The van der Waals surface area contributed by atoms with Gasteiger partial charge in [0.05, 0.1) is 4.92 Å². The SMILES string of the molecule is O=C(c1ccc([N+](=O)[O-])cc1)C(CC1([N+](=O)[O-])CCCCC1)CC1([N+](=O)[O-])CCCCC1. The first-order valence-corrected chi connectivity index (χ1v) is 11.3. The largest absolute Gasteiger partial charge is 0.294 e. The van der Waals surface area contributed by atoms with Gasteiger partial charge in [0.1, 0.15) is 0 Å². The second-order valence-corrected chi connectivity index (χ2v) is 9.36. The summed E-state index contributed by atoms with van der Waals surface area (Å²) in [5.74, 6) is -1.29. The summed E-state index contributed by atoms with van der Waals surface area (Å²) in [5.41, 5.74) is -2.48. The van der Waals surface area contributed by atoms with Crippen molar-refractivity contribution >= 4 is 11.5 Å². The zero-order chi connectivity index (χ0) is 23.4. The number of nitrogens with zero attached hydrogens (tertiary/aromatic N) is 3. The summed E-state index contributed by atoms with van der Waals surface area (Å²) in [6.07, 6.45) is 5.93. The molecule has 0 unspecified atom stereocenters. The van der Waals surface area contributed by atoms with Crippen LogP contribution in [0.25, 0.3) is 0 Å². The van der Waals surface area contributed by atoms with Crippen molar-refractivity contribution < 1.29 is 19.6 Å². The molecule has 0 atom stereocenters. The van der Waals surface area contributed by atoms with Crippen LogP contribution in [0.2, 0.25) is 0 Å². The van der Waals surface area contributed by atoms with Gasteiger partial charge in [0.2, 0.25) is 11.1 Å². The Hall–Kier alpha value is -2.91. The van der Waals surface area contributed by atoms with E-state index in [4.69, 9.17) is 0 Å². The number of hydrogen-bond acceptors (Lipinski definition) is 7. The van der Waals surface area contributed by atoms with Gasteiger partial charge in [0.15, 0.2) is 5.78 Å². The van der Waals surface area contributed by atoms with Crippen molar-refractivity contribution in [3.63, 3.8) is 0 Å². The van der Waals surface area contributed by atoms with Gasteiger partial charge in [-0.15, -0.1) is 0 Å². The number of hydrogen-bond donors (Lipinski definition) is 0. The standard InChI is InChI=1S/C22H29N3O7/c26-20(17-7-9-19(10-8-17)23(27)28)18(15-21(24(29)30)11-3-1-4-12-21)16-22(25(31)32)13-5-2-6-14-22/h7-10,18H,1-6,11-16H2. The van der Waals surface area contributed by atoms with Crippen molar-refractivity contribution in [2.75, 3.05) is 0 Å². The van der Waals surface area contributed by atoms with Crippen LogP contribution in [0.5, 0.6) is 0 Å². The minimum absolute atomic E-state index is 0.0363. The normalized spacial score (nSPS) is 19.9. The van der Waals surface area contributed by atoms with Crippen molar-refractivity contribution in [3.8, 4) is 0 Å². The lowest BCUT2D eigenvalue weighted by Gasteiger charge is -2.35. The van der Waals surface area contributed by atoms with Gasteiger partial charge in [-0.2, -0.15) is 0 Å². The van der Waals surface area contributed by atoms with Crippen LogP contribution in [0.15, 0.2) is 24.3 Å². The molecule has 0 spiro atoms. The van der Waals surface area contributed by atoms with Crippen molar-refractivity contribution in [2.24, 2.45) is 5.92 Å². The van der Waals surface area contributed by atoms with E-state index in [-0.39, 0.29) is 33.9 Å². The number of Topliss-reactive ketones (excluding diaryl/α,β-unsaturated/α-hetero) is 1. The molecule has 0 bridgehead atoms. The Morgan fingerprint density at radius 2 is 1.16 bits per heavy atom. The zero-order valence-electron chi connectivity index (χ0n) is 18.1. The van der Waals surface area contributed by atoms with E-state index in [2.05, 4.69) is 0 Å². The van der Waals surface area contributed by atoms with E-state index in [0.717, 1.165) is 12.8 Å². The van der Waals surface area contributed by atoms with Gasteiger partial charge < -0.3 is 0 Å². The van der Waals surface area contributed by atoms with E-state index >= 15 is 0 Å². The maximum atomic E-state index is 13.5. The van der Waals surface area contributed by atoms with E-state index in [0.29, 0.717) is 51.4 Å². The first-order chi connectivity index (χ1) is 15.2. The number of carbonyl (C=O) groups is 1. The van der Waals surface area contributed by atoms with Gasteiger partial charge in [0.25, 0.3) is 5.69 Å². The number of rotatable bonds is 9. The van der Waals surface area contributed by atoms with Crippen LogP contribution in [0.4, 0.5) is 5.69 Å². The van der Waals surface area contributed by atoms with Crippen LogP contribution in [0, 0.1) is 36.3 Å². The molecule has 3 rings (SSSR count). The minimum Gasteiger partial charge on any atom is -0.294 e. The number of nitro benzene ring substituents is 1. The molecule has 2 aliphatic carbocycles. The van der Waals surface area contributed by atoms with Crippen LogP contribution in [-0.4, -0.2) is 31.6 Å². The molecule has 10 heteroatoms. The van der Waals surface area contributed by atoms with Crippen molar-refractivity contribution in [2.45, 2.75) is 88.1 Å². The maximum Gasteiger partial charge on any atom is 0.269 e. The molecule has 2 fully saturated rings. The fraction of sp³-hybridized carbons (Fsp3) is 0.682. The third-order valence-corrected chi connectivity index (χ3v) is 7.33. The van der Waals surface area contributed by atoms with Crippen molar-refractivity contribution in [1.82, 2.24) is 0 Å². The minimum atomic E-state index is -1.26. The molecule has 1 aromatic rings. The third-order valence-electron chi connectivity index (χ3n) is 7.33. The summed E-state index contributed by atoms with van der Waals surface area (Å²) in [5, 5.41) is 35.1. The molecule has 0 N–H and O–H groups in total. The van der Waals surface area contributed by atoms with Crippen molar-refractivity contribution in [1.29, 1.82) is 0 Å². The van der Waals surface area contributed by atoms with Gasteiger partial charge in [-0.3, -0.25) is 35.1 Å². The van der Waals surface area contributed by atoms with Gasteiger partial charge in [-0.05, 0) is 37.8 Å². The molecule has 0 heterocycles. The van der Waals surface area contributed by atoms with Gasteiger partial charge in [-0.25, -0.2) is 0 Å². The highest BCUT2D eigenvalue weighted by Crippen LogP contribution is 2.43. The summed E-state index contributed by atoms with van der Waals surface area (Å²) >= 11 is 0. The molecule has 0 aliphatic heterocycles. The third kappa shape index (κ3) is 4.94. The number of carbonyl (C=O) groups excluding carboxylic acids is 1. The maximum absolute atomic E-state index is 13.5. The fourth-order valence-corrected chi connectivity index (χ4v) is 5.50. The summed E-state index contributed by atoms with van der Waals surface area (Å²) < 4.78 is 0. The van der Waals surface area contributed by atoms with Gasteiger partial charge in [-0.1, -0.05) is 12.8 Å². The Bertz CT molecular complexity index is 834. The summed E-state index contributed by atoms with van der Waals surface area (Å²) in [6.45, 7) is 0. The lowest BCUT2D eigenvalue weighted by molar-refractivity contribution is -0.584. The van der Waals surface area contributed by atoms with Gasteiger partial charge >= 0.3 is 0 Å². The van der Waals surface area contributed by atoms with E-state index in [1.54, 1.807) is 0 Å². The van der Waals surface area contributed by atoms with E-state index in [9.17, 15) is 35.1 Å². The summed E-state index contributed by atoms with van der Waals surface area (Å²) in [7, 11) is 0. The Morgan fingerprint density at radius 3 is 1.50 bits per heavy atom. The highest BCUT2D eigenvalue weighted by atomic mass is 16.6. The first-order valence-electron chi connectivity index (χ1n) is 11.3. The molecular formula is C22H29N3O7. The molecule has 32 heavy (non-hydrogen) atoms. The average Bonchev–Trinajstić information content (AvgIpc) is 2.79. The smallest absolute Gasteiger partial charge is 0.269 e. The molecule has 0 saturated heterocycles. The second-order valence-electron chi connectivity index (χ2n) is 9.36. The molecule has 2 saturated carbocycles. The predicted molar refractivity (Wildman–Crippen MR) is 116 cm³/mol. The number of benzene rings is 1. The number of nitro groups is 3. The molecule has 1 aromatic carbocycles. The van der Waals surface area contributed by atoms with E-state index in [1.807, 2.05) is 0 Å². The van der Waals surface area contributed by atoms with E-state index in [1.165, 1.54) is 24.3 Å². The Labute approximate surface area is 185 Å². The zero-order valence-corrected chi connectivity index (χ0v) is 18.1. The molecule has 0 radical (unpaired) electrons. The Balaban J connectivity index is 1.95. The predicted octanol–water partition coefficient (Wildman–Crippen LogP) is 5.13. The molecule has 0 aromatic heterocycles. The molecule has 0 amide bonds. The molecule has 174 valence electrons. The molecule has 2 aliphatic rings.